The Hall–Kier alpha value is -0.730. The number of hydrogen-bond acceptors (Lipinski definition) is 2. The molecule has 18 heavy (non-hydrogen) atoms. The van der Waals surface area contributed by atoms with E-state index in [1.54, 1.807) is 0 Å². The van der Waals surface area contributed by atoms with Crippen molar-refractivity contribution >= 4 is 11.6 Å². The van der Waals surface area contributed by atoms with Crippen LogP contribution in [0.4, 0.5) is 0 Å². The normalized spacial score (nSPS) is 23.9. The fourth-order valence-electron chi connectivity index (χ4n) is 2.45. The average Bonchev–Trinajstić information content (AvgIpc) is 2.39. The van der Waals surface area contributed by atoms with E-state index in [-0.39, 0.29) is 0 Å². The van der Waals surface area contributed by atoms with E-state index in [2.05, 4.69) is 12.2 Å². The second kappa shape index (κ2) is 7.01. The van der Waals surface area contributed by atoms with Gasteiger partial charge in [-0.3, -0.25) is 0 Å². The highest BCUT2D eigenvalue weighted by atomic mass is 35.5. The highest BCUT2D eigenvalue weighted by Crippen LogP contribution is 2.24. The minimum absolute atomic E-state index is 0.676. The molecule has 1 aliphatic carbocycles. The molecule has 1 N–H and O–H groups in total. The van der Waals surface area contributed by atoms with Gasteiger partial charge in [-0.2, -0.15) is 0 Å². The minimum atomic E-state index is 0.676. The predicted molar refractivity (Wildman–Crippen MR) is 76.4 cm³/mol. The van der Waals surface area contributed by atoms with Crippen molar-refractivity contribution in [2.75, 3.05) is 13.2 Å². The van der Waals surface area contributed by atoms with Crippen molar-refractivity contribution in [2.24, 2.45) is 5.92 Å². The fraction of sp³-hybridized carbons (Fsp3) is 0.600. The molecule has 2 rings (SSSR count). The SMILES string of the molecule is CC1CCC(NCCOc2ccccc2Cl)CC1. The van der Waals surface area contributed by atoms with Crippen LogP contribution < -0.4 is 10.1 Å². The van der Waals surface area contributed by atoms with Crippen molar-refractivity contribution in [3.05, 3.63) is 29.3 Å². The van der Waals surface area contributed by atoms with E-state index in [4.69, 9.17) is 16.3 Å². The molecule has 0 aliphatic heterocycles. The van der Waals surface area contributed by atoms with Gasteiger partial charge in [0.15, 0.2) is 0 Å². The van der Waals surface area contributed by atoms with Gasteiger partial charge in [0.25, 0.3) is 0 Å². The van der Waals surface area contributed by atoms with Gasteiger partial charge in [-0.25, -0.2) is 0 Å². The van der Waals surface area contributed by atoms with Crippen LogP contribution >= 0.6 is 11.6 Å². The Bertz CT molecular complexity index is 361. The second-order valence-electron chi connectivity index (χ2n) is 5.19. The summed E-state index contributed by atoms with van der Waals surface area (Å²) in [5.74, 6) is 1.68. The van der Waals surface area contributed by atoms with E-state index in [0.29, 0.717) is 17.7 Å². The van der Waals surface area contributed by atoms with Gasteiger partial charge in [0.1, 0.15) is 12.4 Å². The summed E-state index contributed by atoms with van der Waals surface area (Å²) in [5, 5.41) is 4.25. The average molecular weight is 268 g/mol. The third-order valence-corrected chi connectivity index (χ3v) is 3.96. The maximum atomic E-state index is 6.02. The summed E-state index contributed by atoms with van der Waals surface area (Å²) in [5.41, 5.74) is 0. The van der Waals surface area contributed by atoms with Crippen molar-refractivity contribution in [2.45, 2.75) is 38.6 Å². The molecule has 0 atom stereocenters. The first kappa shape index (κ1) is 13.7. The monoisotopic (exact) mass is 267 g/mol. The number of hydrogen-bond donors (Lipinski definition) is 1. The van der Waals surface area contributed by atoms with Crippen LogP contribution in [0.25, 0.3) is 0 Å². The lowest BCUT2D eigenvalue weighted by Gasteiger charge is -2.27. The molecule has 0 heterocycles. The number of halogens is 1. The molecule has 0 aromatic heterocycles. The molecule has 0 spiro atoms. The summed E-state index contributed by atoms with van der Waals surface area (Å²) < 4.78 is 5.65. The van der Waals surface area contributed by atoms with Crippen LogP contribution in [0.2, 0.25) is 5.02 Å². The number of rotatable bonds is 5. The van der Waals surface area contributed by atoms with Gasteiger partial charge in [-0.05, 0) is 43.7 Å². The lowest BCUT2D eigenvalue weighted by atomic mass is 9.87. The molecule has 1 saturated carbocycles. The predicted octanol–water partition coefficient (Wildman–Crippen LogP) is 3.89. The number of benzene rings is 1. The summed E-state index contributed by atoms with van der Waals surface area (Å²) in [6.07, 6.45) is 5.30. The Morgan fingerprint density at radius 1 is 1.22 bits per heavy atom. The van der Waals surface area contributed by atoms with Gasteiger partial charge in [0.05, 0.1) is 5.02 Å². The van der Waals surface area contributed by atoms with Crippen molar-refractivity contribution in [1.82, 2.24) is 5.32 Å². The highest BCUT2D eigenvalue weighted by molar-refractivity contribution is 6.32. The molecule has 0 saturated heterocycles. The highest BCUT2D eigenvalue weighted by Gasteiger charge is 2.17. The van der Waals surface area contributed by atoms with E-state index >= 15 is 0 Å². The molecule has 1 aliphatic rings. The number of para-hydroxylation sites is 1. The third kappa shape index (κ3) is 4.18. The molecule has 0 unspecified atom stereocenters. The van der Waals surface area contributed by atoms with E-state index < -0.39 is 0 Å². The molecule has 3 heteroatoms. The Morgan fingerprint density at radius 2 is 1.94 bits per heavy atom. The quantitative estimate of drug-likeness (QED) is 0.818. The molecule has 1 fully saturated rings. The van der Waals surface area contributed by atoms with Crippen molar-refractivity contribution in [1.29, 1.82) is 0 Å². The fourth-order valence-corrected chi connectivity index (χ4v) is 2.64. The van der Waals surface area contributed by atoms with E-state index in [9.17, 15) is 0 Å². The summed E-state index contributed by atoms with van der Waals surface area (Å²) >= 11 is 6.02. The summed E-state index contributed by atoms with van der Waals surface area (Å²) in [7, 11) is 0. The number of nitrogens with one attached hydrogen (secondary N) is 1. The Kier molecular flexibility index (Phi) is 5.33. The largest absolute Gasteiger partial charge is 0.491 e. The zero-order chi connectivity index (χ0) is 12.8. The lowest BCUT2D eigenvalue weighted by Crippen LogP contribution is -2.35. The third-order valence-electron chi connectivity index (χ3n) is 3.65. The molecular weight excluding hydrogens is 246 g/mol. The van der Waals surface area contributed by atoms with Crippen LogP contribution in [-0.2, 0) is 0 Å². The number of ether oxygens (including phenoxy) is 1. The molecule has 1 aromatic carbocycles. The van der Waals surface area contributed by atoms with Crippen molar-refractivity contribution in [3.8, 4) is 5.75 Å². The van der Waals surface area contributed by atoms with E-state index in [0.717, 1.165) is 18.2 Å². The van der Waals surface area contributed by atoms with Crippen LogP contribution in [0.1, 0.15) is 32.6 Å². The zero-order valence-electron chi connectivity index (χ0n) is 11.0. The van der Waals surface area contributed by atoms with E-state index in [1.165, 1.54) is 25.7 Å². The zero-order valence-corrected chi connectivity index (χ0v) is 11.7. The van der Waals surface area contributed by atoms with Gasteiger partial charge in [-0.15, -0.1) is 0 Å². The van der Waals surface area contributed by atoms with Crippen LogP contribution in [0.5, 0.6) is 5.75 Å². The van der Waals surface area contributed by atoms with Crippen molar-refractivity contribution in [3.63, 3.8) is 0 Å². The van der Waals surface area contributed by atoms with Crippen LogP contribution in [0, 0.1) is 5.92 Å². The topological polar surface area (TPSA) is 21.3 Å². The lowest BCUT2D eigenvalue weighted by molar-refractivity contribution is 0.270. The van der Waals surface area contributed by atoms with Gasteiger partial charge in [0, 0.05) is 12.6 Å². The smallest absolute Gasteiger partial charge is 0.137 e. The summed E-state index contributed by atoms with van der Waals surface area (Å²) in [6, 6.07) is 8.29. The molecular formula is C15H22ClNO. The second-order valence-corrected chi connectivity index (χ2v) is 5.60. The Labute approximate surface area is 115 Å². The first-order valence-corrected chi connectivity index (χ1v) is 7.24. The first-order valence-electron chi connectivity index (χ1n) is 6.86. The molecule has 0 radical (unpaired) electrons. The van der Waals surface area contributed by atoms with Crippen LogP contribution in [0.3, 0.4) is 0 Å². The molecule has 1 aromatic rings. The maximum Gasteiger partial charge on any atom is 0.137 e. The van der Waals surface area contributed by atoms with Gasteiger partial charge in [-0.1, -0.05) is 30.7 Å². The Morgan fingerprint density at radius 3 is 2.67 bits per heavy atom. The summed E-state index contributed by atoms with van der Waals surface area (Å²) in [4.78, 5) is 0. The first-order chi connectivity index (χ1) is 8.75. The van der Waals surface area contributed by atoms with Crippen LogP contribution in [-0.4, -0.2) is 19.2 Å². The molecule has 100 valence electrons. The minimum Gasteiger partial charge on any atom is -0.491 e. The van der Waals surface area contributed by atoms with Gasteiger partial charge in [0.2, 0.25) is 0 Å². The molecule has 0 amide bonds. The molecule has 0 bridgehead atoms. The molecule has 2 nitrogen and oxygen atoms in total. The Balaban J connectivity index is 1.63. The van der Waals surface area contributed by atoms with E-state index in [1.807, 2.05) is 24.3 Å². The van der Waals surface area contributed by atoms with Gasteiger partial charge < -0.3 is 10.1 Å². The maximum absolute atomic E-state index is 6.02. The van der Waals surface area contributed by atoms with Crippen LogP contribution in [0.15, 0.2) is 24.3 Å². The van der Waals surface area contributed by atoms with Gasteiger partial charge >= 0.3 is 0 Å². The van der Waals surface area contributed by atoms with Crippen molar-refractivity contribution < 1.29 is 4.74 Å². The standard InChI is InChI=1S/C15H22ClNO/c1-12-6-8-13(9-7-12)17-10-11-18-15-5-3-2-4-14(15)16/h2-5,12-13,17H,6-11H2,1H3. The summed E-state index contributed by atoms with van der Waals surface area (Å²) in [6.45, 7) is 3.91.